The van der Waals surface area contributed by atoms with Crippen molar-refractivity contribution < 1.29 is 14.7 Å². The minimum atomic E-state index is -0.989. The van der Waals surface area contributed by atoms with Crippen LogP contribution in [-0.4, -0.2) is 23.0 Å². The SMILES string of the molecule is CCCCc1ccc(C(=O)N[C@@H](CC(C)C)C(=O)O)cc1. The standard InChI is InChI=1S/C17H25NO3/c1-4-5-6-13-7-9-14(10-8-13)16(19)18-15(17(20)21)11-12(2)3/h7-10,12,15H,4-6,11H2,1-3H3,(H,18,19)(H,20,21)/t15-/m0/s1. The van der Waals surface area contributed by atoms with E-state index >= 15 is 0 Å². The zero-order chi connectivity index (χ0) is 15.8. The summed E-state index contributed by atoms with van der Waals surface area (Å²) in [4.78, 5) is 23.3. The molecule has 116 valence electrons. The summed E-state index contributed by atoms with van der Waals surface area (Å²) in [5.41, 5.74) is 1.70. The van der Waals surface area contributed by atoms with E-state index in [1.165, 1.54) is 5.56 Å². The number of hydrogen-bond acceptors (Lipinski definition) is 2. The van der Waals surface area contributed by atoms with Crippen molar-refractivity contribution in [3.63, 3.8) is 0 Å². The summed E-state index contributed by atoms with van der Waals surface area (Å²) in [5, 5.41) is 11.7. The van der Waals surface area contributed by atoms with E-state index in [0.717, 1.165) is 19.3 Å². The van der Waals surface area contributed by atoms with E-state index in [9.17, 15) is 9.59 Å². The largest absolute Gasteiger partial charge is 0.480 e. The van der Waals surface area contributed by atoms with Crippen LogP contribution >= 0.6 is 0 Å². The molecular weight excluding hydrogens is 266 g/mol. The molecule has 0 saturated heterocycles. The summed E-state index contributed by atoms with van der Waals surface area (Å²) in [6.07, 6.45) is 3.69. The molecule has 0 bridgehead atoms. The van der Waals surface area contributed by atoms with Crippen molar-refractivity contribution in [3.05, 3.63) is 35.4 Å². The first kappa shape index (κ1) is 17.2. The van der Waals surface area contributed by atoms with E-state index in [0.29, 0.717) is 12.0 Å². The summed E-state index contributed by atoms with van der Waals surface area (Å²) < 4.78 is 0. The van der Waals surface area contributed by atoms with Gasteiger partial charge < -0.3 is 10.4 Å². The summed E-state index contributed by atoms with van der Waals surface area (Å²) in [6, 6.07) is 6.55. The van der Waals surface area contributed by atoms with Gasteiger partial charge in [-0.15, -0.1) is 0 Å². The third kappa shape index (κ3) is 5.98. The summed E-state index contributed by atoms with van der Waals surface area (Å²) in [6.45, 7) is 6.01. The fourth-order valence-electron chi connectivity index (χ4n) is 2.14. The predicted octanol–water partition coefficient (Wildman–Crippen LogP) is 3.26. The van der Waals surface area contributed by atoms with Crippen LogP contribution in [0.5, 0.6) is 0 Å². The molecule has 0 fully saturated rings. The molecule has 0 spiro atoms. The van der Waals surface area contributed by atoms with Crippen molar-refractivity contribution >= 4 is 11.9 Å². The Morgan fingerprint density at radius 2 is 1.81 bits per heavy atom. The van der Waals surface area contributed by atoms with Gasteiger partial charge in [-0.2, -0.15) is 0 Å². The number of rotatable bonds is 8. The van der Waals surface area contributed by atoms with Gasteiger partial charge in [0.15, 0.2) is 0 Å². The van der Waals surface area contributed by atoms with Crippen LogP contribution < -0.4 is 5.32 Å². The van der Waals surface area contributed by atoms with E-state index in [4.69, 9.17) is 5.11 Å². The Balaban J connectivity index is 2.67. The average Bonchev–Trinajstić information content (AvgIpc) is 2.44. The predicted molar refractivity (Wildman–Crippen MR) is 83.4 cm³/mol. The monoisotopic (exact) mass is 291 g/mol. The molecule has 0 unspecified atom stereocenters. The molecule has 0 radical (unpaired) electrons. The lowest BCUT2D eigenvalue weighted by Gasteiger charge is -2.16. The zero-order valence-electron chi connectivity index (χ0n) is 13.1. The third-order valence-corrected chi connectivity index (χ3v) is 3.35. The van der Waals surface area contributed by atoms with Crippen molar-refractivity contribution in [2.75, 3.05) is 0 Å². The summed E-state index contributed by atoms with van der Waals surface area (Å²) in [5.74, 6) is -1.11. The van der Waals surface area contributed by atoms with Gasteiger partial charge in [-0.25, -0.2) is 4.79 Å². The van der Waals surface area contributed by atoms with Crippen LogP contribution in [0.2, 0.25) is 0 Å². The van der Waals surface area contributed by atoms with Crippen molar-refractivity contribution in [1.82, 2.24) is 5.32 Å². The number of amides is 1. The fraction of sp³-hybridized carbons (Fsp3) is 0.529. The first-order valence-electron chi connectivity index (χ1n) is 7.56. The maximum Gasteiger partial charge on any atom is 0.326 e. The maximum absolute atomic E-state index is 12.1. The van der Waals surface area contributed by atoms with Crippen LogP contribution in [0.1, 0.15) is 56.0 Å². The minimum Gasteiger partial charge on any atom is -0.480 e. The van der Waals surface area contributed by atoms with E-state index in [1.807, 2.05) is 26.0 Å². The second-order valence-electron chi connectivity index (χ2n) is 5.79. The normalized spacial score (nSPS) is 12.2. The minimum absolute atomic E-state index is 0.211. The lowest BCUT2D eigenvalue weighted by atomic mass is 10.0. The number of carboxylic acid groups (broad SMARTS) is 1. The fourth-order valence-corrected chi connectivity index (χ4v) is 2.14. The number of carbonyl (C=O) groups excluding carboxylic acids is 1. The highest BCUT2D eigenvalue weighted by atomic mass is 16.4. The highest BCUT2D eigenvalue weighted by Crippen LogP contribution is 2.10. The number of hydrogen-bond donors (Lipinski definition) is 2. The number of carboxylic acids is 1. The molecule has 0 saturated carbocycles. The Bertz CT molecular complexity index is 465. The first-order valence-corrected chi connectivity index (χ1v) is 7.56. The van der Waals surface area contributed by atoms with Crippen LogP contribution in [0.4, 0.5) is 0 Å². The third-order valence-electron chi connectivity index (χ3n) is 3.35. The Hall–Kier alpha value is -1.84. The molecule has 0 aliphatic rings. The smallest absolute Gasteiger partial charge is 0.326 e. The van der Waals surface area contributed by atoms with E-state index < -0.39 is 12.0 Å². The lowest BCUT2D eigenvalue weighted by molar-refractivity contribution is -0.139. The Morgan fingerprint density at radius 1 is 1.19 bits per heavy atom. The molecule has 0 aliphatic heterocycles. The molecule has 1 amide bonds. The average molecular weight is 291 g/mol. The van der Waals surface area contributed by atoms with Crippen LogP contribution in [0.3, 0.4) is 0 Å². The summed E-state index contributed by atoms with van der Waals surface area (Å²) in [7, 11) is 0. The Labute approximate surface area is 126 Å². The highest BCUT2D eigenvalue weighted by Gasteiger charge is 2.21. The van der Waals surface area contributed by atoms with Gasteiger partial charge in [0.1, 0.15) is 6.04 Å². The first-order chi connectivity index (χ1) is 9.93. The van der Waals surface area contributed by atoms with Gasteiger partial charge in [0.05, 0.1) is 0 Å². The highest BCUT2D eigenvalue weighted by molar-refractivity contribution is 5.96. The maximum atomic E-state index is 12.1. The molecule has 2 N–H and O–H groups in total. The molecule has 1 aromatic rings. The quantitative estimate of drug-likeness (QED) is 0.772. The van der Waals surface area contributed by atoms with Gasteiger partial charge in [0.25, 0.3) is 5.91 Å². The number of benzene rings is 1. The van der Waals surface area contributed by atoms with E-state index in [1.54, 1.807) is 12.1 Å². The number of aryl methyl sites for hydroxylation is 1. The Morgan fingerprint density at radius 3 is 2.29 bits per heavy atom. The van der Waals surface area contributed by atoms with Gasteiger partial charge in [-0.3, -0.25) is 4.79 Å². The lowest BCUT2D eigenvalue weighted by Crippen LogP contribution is -2.41. The molecule has 0 aliphatic carbocycles. The molecule has 1 rings (SSSR count). The van der Waals surface area contributed by atoms with Crippen molar-refractivity contribution in [2.45, 2.75) is 52.5 Å². The van der Waals surface area contributed by atoms with Crippen LogP contribution in [-0.2, 0) is 11.2 Å². The second-order valence-corrected chi connectivity index (χ2v) is 5.79. The molecule has 4 heteroatoms. The van der Waals surface area contributed by atoms with E-state index in [2.05, 4.69) is 12.2 Å². The molecule has 0 heterocycles. The molecule has 1 aromatic carbocycles. The van der Waals surface area contributed by atoms with Gasteiger partial charge in [0, 0.05) is 5.56 Å². The van der Waals surface area contributed by atoms with Crippen LogP contribution in [0, 0.1) is 5.92 Å². The molecule has 21 heavy (non-hydrogen) atoms. The molecule has 0 aromatic heterocycles. The Kier molecular flexibility index (Phi) is 6.92. The van der Waals surface area contributed by atoms with Gasteiger partial charge in [-0.1, -0.05) is 39.3 Å². The number of unbranched alkanes of at least 4 members (excludes halogenated alkanes) is 1. The molecule has 1 atom stereocenters. The van der Waals surface area contributed by atoms with Crippen LogP contribution in [0.25, 0.3) is 0 Å². The molecule has 4 nitrogen and oxygen atoms in total. The molecular formula is C17H25NO3. The number of aliphatic carboxylic acids is 1. The van der Waals surface area contributed by atoms with Gasteiger partial charge in [0.2, 0.25) is 0 Å². The van der Waals surface area contributed by atoms with Crippen LogP contribution in [0.15, 0.2) is 24.3 Å². The zero-order valence-corrected chi connectivity index (χ0v) is 13.1. The van der Waals surface area contributed by atoms with Gasteiger partial charge >= 0.3 is 5.97 Å². The van der Waals surface area contributed by atoms with E-state index in [-0.39, 0.29) is 11.8 Å². The summed E-state index contributed by atoms with van der Waals surface area (Å²) >= 11 is 0. The second kappa shape index (κ2) is 8.45. The van der Waals surface area contributed by atoms with Crippen molar-refractivity contribution in [3.8, 4) is 0 Å². The van der Waals surface area contributed by atoms with Crippen molar-refractivity contribution in [1.29, 1.82) is 0 Å². The van der Waals surface area contributed by atoms with Gasteiger partial charge in [-0.05, 0) is 42.9 Å². The topological polar surface area (TPSA) is 66.4 Å². The van der Waals surface area contributed by atoms with Crippen molar-refractivity contribution in [2.24, 2.45) is 5.92 Å². The number of carbonyl (C=O) groups is 2. The number of nitrogens with one attached hydrogen (secondary N) is 1.